The second-order valence-electron chi connectivity index (χ2n) is 7.99. The Labute approximate surface area is 180 Å². The molecule has 1 heterocycles. The lowest BCUT2D eigenvalue weighted by molar-refractivity contribution is -0.274. The summed E-state index contributed by atoms with van der Waals surface area (Å²) < 4.78 is 42.0. The van der Waals surface area contributed by atoms with Gasteiger partial charge in [-0.15, -0.1) is 13.2 Å². The van der Waals surface area contributed by atoms with Gasteiger partial charge in [-0.3, -0.25) is 0 Å². The summed E-state index contributed by atoms with van der Waals surface area (Å²) in [4.78, 5) is 8.93. The van der Waals surface area contributed by atoms with Crippen LogP contribution < -0.4 is 21.1 Å². The van der Waals surface area contributed by atoms with Crippen molar-refractivity contribution in [2.75, 3.05) is 17.2 Å². The summed E-state index contributed by atoms with van der Waals surface area (Å²) in [7, 11) is 0. The van der Waals surface area contributed by atoms with Gasteiger partial charge in [0, 0.05) is 36.5 Å². The summed E-state index contributed by atoms with van der Waals surface area (Å²) in [5.41, 5.74) is 7.39. The van der Waals surface area contributed by atoms with Crippen LogP contribution in [0.1, 0.15) is 50.2 Å². The third kappa shape index (κ3) is 7.27. The van der Waals surface area contributed by atoms with Crippen LogP contribution in [0.2, 0.25) is 0 Å². The molecule has 1 aromatic heterocycles. The van der Waals surface area contributed by atoms with Gasteiger partial charge in [-0.1, -0.05) is 31.5 Å². The summed E-state index contributed by atoms with van der Waals surface area (Å²) in [5, 5.41) is 6.47. The SMILES string of the molecule is CCCc1cnc(NCc2ccccc2OC(F)(F)F)nc1NC[C@H]1CC[C@H](N)CC1. The molecule has 0 atom stereocenters. The van der Waals surface area contributed by atoms with Crippen LogP contribution in [-0.4, -0.2) is 28.9 Å². The van der Waals surface area contributed by atoms with Crippen LogP contribution in [-0.2, 0) is 13.0 Å². The molecule has 1 aliphatic rings. The van der Waals surface area contributed by atoms with Gasteiger partial charge in [0.1, 0.15) is 11.6 Å². The molecule has 2 aromatic rings. The Morgan fingerprint density at radius 2 is 1.84 bits per heavy atom. The first-order valence-corrected chi connectivity index (χ1v) is 10.8. The number of hydrogen-bond acceptors (Lipinski definition) is 6. The quantitative estimate of drug-likeness (QED) is 0.519. The van der Waals surface area contributed by atoms with Gasteiger partial charge in [0.25, 0.3) is 0 Å². The van der Waals surface area contributed by atoms with Crippen LogP contribution in [0.3, 0.4) is 0 Å². The van der Waals surface area contributed by atoms with E-state index in [2.05, 4.69) is 32.3 Å². The molecule has 4 N–H and O–H groups in total. The normalized spacial score (nSPS) is 19.1. The van der Waals surface area contributed by atoms with Crippen molar-refractivity contribution >= 4 is 11.8 Å². The topological polar surface area (TPSA) is 85.1 Å². The number of aromatic nitrogens is 2. The molecule has 0 radical (unpaired) electrons. The largest absolute Gasteiger partial charge is 0.573 e. The third-order valence-corrected chi connectivity index (χ3v) is 5.47. The number of nitrogens with zero attached hydrogens (tertiary/aromatic N) is 2. The Morgan fingerprint density at radius 1 is 1.10 bits per heavy atom. The average Bonchev–Trinajstić information content (AvgIpc) is 2.73. The van der Waals surface area contributed by atoms with Gasteiger partial charge >= 0.3 is 6.36 Å². The van der Waals surface area contributed by atoms with E-state index in [9.17, 15) is 13.2 Å². The van der Waals surface area contributed by atoms with E-state index in [0.29, 0.717) is 23.5 Å². The lowest BCUT2D eigenvalue weighted by atomic mass is 9.86. The number of aryl methyl sites for hydroxylation is 1. The molecule has 0 saturated heterocycles. The van der Waals surface area contributed by atoms with Gasteiger partial charge < -0.3 is 21.1 Å². The second kappa shape index (κ2) is 10.7. The molecule has 1 fully saturated rings. The van der Waals surface area contributed by atoms with E-state index in [1.165, 1.54) is 12.1 Å². The number of para-hydroxylation sites is 1. The van der Waals surface area contributed by atoms with E-state index < -0.39 is 6.36 Å². The molecule has 0 aliphatic heterocycles. The van der Waals surface area contributed by atoms with E-state index in [1.807, 2.05) is 0 Å². The molecule has 170 valence electrons. The number of nitrogens with two attached hydrogens (primary N) is 1. The van der Waals surface area contributed by atoms with E-state index in [-0.39, 0.29) is 12.3 Å². The van der Waals surface area contributed by atoms with Crippen molar-refractivity contribution in [3.63, 3.8) is 0 Å². The Bertz CT molecular complexity index is 838. The fraction of sp³-hybridized carbons (Fsp3) is 0.545. The Balaban J connectivity index is 1.66. The molecule has 1 saturated carbocycles. The smallest absolute Gasteiger partial charge is 0.405 e. The van der Waals surface area contributed by atoms with Crippen LogP contribution in [0.25, 0.3) is 0 Å². The molecule has 0 bridgehead atoms. The van der Waals surface area contributed by atoms with Crippen molar-refractivity contribution in [1.82, 2.24) is 9.97 Å². The second-order valence-corrected chi connectivity index (χ2v) is 7.99. The number of alkyl halides is 3. The molecular weight excluding hydrogens is 407 g/mol. The van der Waals surface area contributed by atoms with Crippen molar-refractivity contribution in [1.29, 1.82) is 0 Å². The van der Waals surface area contributed by atoms with E-state index >= 15 is 0 Å². The standard InChI is InChI=1S/C22H30F3N5O/c1-2-5-17-14-29-21(30-20(17)27-12-15-8-10-18(26)11-9-15)28-13-16-6-3-4-7-19(16)31-22(23,24)25/h3-4,6-7,14-15,18H,2,5,8-13,26H2,1H3,(H2,27,28,29,30)/t15-,18-. The predicted octanol–water partition coefficient (Wildman–Crippen LogP) is 4.87. The van der Waals surface area contributed by atoms with Gasteiger partial charge in [0.05, 0.1) is 0 Å². The van der Waals surface area contributed by atoms with Gasteiger partial charge in [0.2, 0.25) is 5.95 Å². The fourth-order valence-electron chi connectivity index (χ4n) is 3.78. The highest BCUT2D eigenvalue weighted by Crippen LogP contribution is 2.27. The minimum atomic E-state index is -4.74. The van der Waals surface area contributed by atoms with Crippen molar-refractivity contribution in [2.24, 2.45) is 11.7 Å². The zero-order chi connectivity index (χ0) is 22.3. The number of nitrogens with one attached hydrogen (secondary N) is 2. The first kappa shape index (κ1) is 23.1. The highest BCUT2D eigenvalue weighted by atomic mass is 19.4. The van der Waals surface area contributed by atoms with Crippen molar-refractivity contribution in [3.05, 3.63) is 41.6 Å². The van der Waals surface area contributed by atoms with Crippen molar-refractivity contribution < 1.29 is 17.9 Å². The van der Waals surface area contributed by atoms with Gasteiger partial charge in [-0.2, -0.15) is 4.98 Å². The minimum absolute atomic E-state index is 0.110. The van der Waals surface area contributed by atoms with Crippen LogP contribution in [0.15, 0.2) is 30.5 Å². The molecule has 3 rings (SSSR count). The molecule has 0 spiro atoms. The summed E-state index contributed by atoms with van der Waals surface area (Å²) in [6, 6.07) is 6.34. The maximum absolute atomic E-state index is 12.6. The first-order chi connectivity index (χ1) is 14.8. The monoisotopic (exact) mass is 437 g/mol. The summed E-state index contributed by atoms with van der Waals surface area (Å²) in [6.07, 6.45) is 3.14. The molecule has 9 heteroatoms. The first-order valence-electron chi connectivity index (χ1n) is 10.8. The zero-order valence-electron chi connectivity index (χ0n) is 17.7. The lowest BCUT2D eigenvalue weighted by Gasteiger charge is -2.26. The number of halogens is 3. The molecule has 1 aliphatic carbocycles. The van der Waals surface area contributed by atoms with E-state index in [0.717, 1.165) is 56.5 Å². The van der Waals surface area contributed by atoms with E-state index in [1.54, 1.807) is 18.3 Å². The molecular formula is C22H30F3N5O. The average molecular weight is 438 g/mol. The predicted molar refractivity (Wildman–Crippen MR) is 115 cm³/mol. The number of ether oxygens (including phenoxy) is 1. The van der Waals surface area contributed by atoms with Crippen LogP contribution in [0, 0.1) is 5.92 Å². The zero-order valence-corrected chi connectivity index (χ0v) is 17.7. The maximum atomic E-state index is 12.6. The molecule has 0 unspecified atom stereocenters. The van der Waals surface area contributed by atoms with Crippen molar-refractivity contribution in [3.8, 4) is 5.75 Å². The Hall–Kier alpha value is -2.55. The van der Waals surface area contributed by atoms with Crippen LogP contribution in [0.5, 0.6) is 5.75 Å². The summed E-state index contributed by atoms with van der Waals surface area (Å²) in [5.74, 6) is 1.45. The Kier molecular flexibility index (Phi) is 7.95. The highest BCUT2D eigenvalue weighted by molar-refractivity contribution is 5.48. The van der Waals surface area contributed by atoms with E-state index in [4.69, 9.17) is 5.73 Å². The number of hydrogen-bond donors (Lipinski definition) is 3. The highest BCUT2D eigenvalue weighted by Gasteiger charge is 2.32. The molecule has 1 aromatic carbocycles. The van der Waals surface area contributed by atoms with Crippen molar-refractivity contribution in [2.45, 2.75) is 64.4 Å². The van der Waals surface area contributed by atoms with Crippen LogP contribution in [0.4, 0.5) is 24.9 Å². The van der Waals surface area contributed by atoms with Gasteiger partial charge in [-0.05, 0) is 44.1 Å². The summed E-state index contributed by atoms with van der Waals surface area (Å²) in [6.45, 7) is 3.03. The number of benzene rings is 1. The third-order valence-electron chi connectivity index (χ3n) is 5.47. The maximum Gasteiger partial charge on any atom is 0.573 e. The fourth-order valence-corrected chi connectivity index (χ4v) is 3.78. The molecule has 6 nitrogen and oxygen atoms in total. The minimum Gasteiger partial charge on any atom is -0.405 e. The van der Waals surface area contributed by atoms with Gasteiger partial charge in [0.15, 0.2) is 0 Å². The lowest BCUT2D eigenvalue weighted by Crippen LogP contribution is -2.29. The number of rotatable bonds is 9. The van der Waals surface area contributed by atoms with Gasteiger partial charge in [-0.25, -0.2) is 4.98 Å². The summed E-state index contributed by atoms with van der Waals surface area (Å²) >= 11 is 0. The Morgan fingerprint density at radius 3 is 2.55 bits per heavy atom. The van der Waals surface area contributed by atoms with Crippen LogP contribution >= 0.6 is 0 Å². The number of anilines is 2. The molecule has 0 amide bonds. The molecule has 31 heavy (non-hydrogen) atoms.